The molecule has 0 saturated carbocycles. The molecule has 8 heteroatoms. The molecule has 0 radical (unpaired) electrons. The molecule has 0 N–H and O–H groups in total. The highest BCUT2D eigenvalue weighted by molar-refractivity contribution is 5.98. The standard InChI is InChI=1S/C31H27N3O5/c1-38-22-11-13-23(14-12-22)39-29-15-10-21(34(36)37)20-28(29)31(35)33-18-16-32(17-19-33)30-26-8-4-2-6-24(26)25-7-3-5-9-27(25)30/h2-15,20,30H,16-19H2,1H3. The molecular formula is C31H27N3O5. The second-order valence-corrected chi connectivity index (χ2v) is 9.62. The van der Waals surface area contributed by atoms with E-state index >= 15 is 0 Å². The normalized spacial score (nSPS) is 14.9. The molecular weight excluding hydrogens is 494 g/mol. The summed E-state index contributed by atoms with van der Waals surface area (Å²) in [4.78, 5) is 28.9. The van der Waals surface area contributed by atoms with Crippen molar-refractivity contribution in [1.29, 1.82) is 0 Å². The summed E-state index contributed by atoms with van der Waals surface area (Å²) in [5.41, 5.74) is 5.10. The van der Waals surface area contributed by atoms with Crippen LogP contribution in [0.2, 0.25) is 0 Å². The van der Waals surface area contributed by atoms with Crippen LogP contribution >= 0.6 is 0 Å². The van der Waals surface area contributed by atoms with Gasteiger partial charge in [-0.3, -0.25) is 19.8 Å². The molecule has 39 heavy (non-hydrogen) atoms. The molecule has 0 aromatic heterocycles. The molecule has 4 aromatic rings. The summed E-state index contributed by atoms with van der Waals surface area (Å²) in [5.74, 6) is 1.17. The van der Waals surface area contributed by atoms with Gasteiger partial charge < -0.3 is 14.4 Å². The van der Waals surface area contributed by atoms with Crippen molar-refractivity contribution in [2.75, 3.05) is 33.3 Å². The fraction of sp³-hybridized carbons (Fsp3) is 0.194. The van der Waals surface area contributed by atoms with Crippen molar-refractivity contribution in [3.05, 3.63) is 118 Å². The predicted octanol–water partition coefficient (Wildman–Crippen LogP) is 5.92. The van der Waals surface area contributed by atoms with Crippen LogP contribution in [0.1, 0.15) is 27.5 Å². The number of fused-ring (bicyclic) bond motifs is 3. The Morgan fingerprint density at radius 1 is 0.821 bits per heavy atom. The third kappa shape index (κ3) is 4.59. The number of rotatable bonds is 6. The van der Waals surface area contributed by atoms with Gasteiger partial charge in [0, 0.05) is 38.3 Å². The monoisotopic (exact) mass is 521 g/mol. The van der Waals surface area contributed by atoms with Crippen molar-refractivity contribution in [3.63, 3.8) is 0 Å². The fourth-order valence-electron chi connectivity index (χ4n) is 5.53. The van der Waals surface area contributed by atoms with Crippen molar-refractivity contribution >= 4 is 11.6 Å². The van der Waals surface area contributed by atoms with Gasteiger partial charge in [-0.25, -0.2) is 0 Å². The van der Waals surface area contributed by atoms with Gasteiger partial charge in [0.1, 0.15) is 17.2 Å². The Hall–Kier alpha value is -4.69. The van der Waals surface area contributed by atoms with E-state index in [-0.39, 0.29) is 28.9 Å². The maximum absolute atomic E-state index is 13.7. The summed E-state index contributed by atoms with van der Waals surface area (Å²) in [5, 5.41) is 11.5. The number of methoxy groups -OCH3 is 1. The molecule has 1 heterocycles. The molecule has 0 bridgehead atoms. The predicted molar refractivity (Wildman–Crippen MR) is 147 cm³/mol. The number of ether oxygens (including phenoxy) is 2. The molecule has 2 aliphatic rings. The fourth-order valence-corrected chi connectivity index (χ4v) is 5.53. The number of nitro benzene ring substituents is 1. The van der Waals surface area contributed by atoms with Crippen molar-refractivity contribution in [2.45, 2.75) is 6.04 Å². The number of hydrogen-bond donors (Lipinski definition) is 0. The molecule has 6 rings (SSSR count). The molecule has 1 saturated heterocycles. The van der Waals surface area contributed by atoms with E-state index < -0.39 is 4.92 Å². The third-order valence-corrected chi connectivity index (χ3v) is 7.46. The molecule has 8 nitrogen and oxygen atoms in total. The van der Waals surface area contributed by atoms with Crippen LogP contribution < -0.4 is 9.47 Å². The lowest BCUT2D eigenvalue weighted by Gasteiger charge is -2.38. The van der Waals surface area contributed by atoms with Gasteiger partial charge in [-0.2, -0.15) is 0 Å². The molecule has 196 valence electrons. The average molecular weight is 522 g/mol. The molecule has 0 unspecified atom stereocenters. The summed E-state index contributed by atoms with van der Waals surface area (Å²) in [6.45, 7) is 2.38. The molecule has 4 aromatic carbocycles. The maximum Gasteiger partial charge on any atom is 0.270 e. The van der Waals surface area contributed by atoms with Gasteiger partial charge in [0.05, 0.1) is 23.6 Å². The Morgan fingerprint density at radius 3 is 2.00 bits per heavy atom. The first-order valence-corrected chi connectivity index (χ1v) is 12.9. The molecule has 0 atom stereocenters. The number of amides is 1. The minimum atomic E-state index is -0.499. The summed E-state index contributed by atoms with van der Waals surface area (Å²) < 4.78 is 11.2. The quantitative estimate of drug-likeness (QED) is 0.231. The molecule has 1 fully saturated rings. The number of nitrogens with zero attached hydrogens (tertiary/aromatic N) is 3. The lowest BCUT2D eigenvalue weighted by atomic mass is 10.0. The van der Waals surface area contributed by atoms with Crippen molar-refractivity contribution in [3.8, 4) is 28.4 Å². The van der Waals surface area contributed by atoms with E-state index in [0.29, 0.717) is 37.7 Å². The molecule has 1 amide bonds. The van der Waals surface area contributed by atoms with E-state index in [1.54, 1.807) is 36.3 Å². The van der Waals surface area contributed by atoms with Crippen LogP contribution in [0.3, 0.4) is 0 Å². The maximum atomic E-state index is 13.7. The van der Waals surface area contributed by atoms with E-state index in [2.05, 4.69) is 53.4 Å². The highest BCUT2D eigenvalue weighted by atomic mass is 16.6. The number of benzene rings is 4. The van der Waals surface area contributed by atoms with E-state index in [9.17, 15) is 14.9 Å². The van der Waals surface area contributed by atoms with Gasteiger partial charge in [-0.1, -0.05) is 48.5 Å². The Kier molecular flexibility index (Phi) is 6.46. The van der Waals surface area contributed by atoms with Crippen LogP contribution in [0.15, 0.2) is 91.0 Å². The lowest BCUT2D eigenvalue weighted by molar-refractivity contribution is -0.384. The average Bonchev–Trinajstić information content (AvgIpc) is 3.32. The van der Waals surface area contributed by atoms with Crippen molar-refractivity contribution < 1.29 is 19.2 Å². The first-order chi connectivity index (χ1) is 19.0. The van der Waals surface area contributed by atoms with Crippen molar-refractivity contribution in [1.82, 2.24) is 9.80 Å². The minimum absolute atomic E-state index is 0.140. The number of carbonyl (C=O) groups is 1. The Balaban J connectivity index is 1.23. The zero-order valence-electron chi connectivity index (χ0n) is 21.4. The van der Waals surface area contributed by atoms with E-state index in [1.807, 2.05) is 0 Å². The van der Waals surface area contributed by atoms with Gasteiger partial charge in [0.15, 0.2) is 0 Å². The van der Waals surface area contributed by atoms with Gasteiger partial charge in [0.2, 0.25) is 0 Å². The lowest BCUT2D eigenvalue weighted by Crippen LogP contribution is -2.49. The Labute approximate surface area is 226 Å². The number of piperazine rings is 1. The smallest absolute Gasteiger partial charge is 0.270 e. The largest absolute Gasteiger partial charge is 0.497 e. The summed E-state index contributed by atoms with van der Waals surface area (Å²) in [7, 11) is 1.58. The highest BCUT2D eigenvalue weighted by Crippen LogP contribution is 2.46. The minimum Gasteiger partial charge on any atom is -0.497 e. The number of nitro groups is 1. The van der Waals surface area contributed by atoms with Crippen LogP contribution in [0.25, 0.3) is 11.1 Å². The van der Waals surface area contributed by atoms with Gasteiger partial charge in [0.25, 0.3) is 11.6 Å². The van der Waals surface area contributed by atoms with E-state index in [0.717, 1.165) is 0 Å². The zero-order chi connectivity index (χ0) is 26.9. The topological polar surface area (TPSA) is 85.1 Å². The van der Waals surface area contributed by atoms with Crippen LogP contribution in [-0.4, -0.2) is 53.9 Å². The molecule has 1 aliphatic heterocycles. The SMILES string of the molecule is COc1ccc(Oc2ccc([N+](=O)[O-])cc2C(=O)N2CCN(C3c4ccccc4-c4ccccc43)CC2)cc1. The van der Waals surface area contributed by atoms with Gasteiger partial charge in [-0.05, 0) is 52.6 Å². The number of hydrogen-bond acceptors (Lipinski definition) is 6. The number of carbonyl (C=O) groups excluding carboxylic acids is 1. The second-order valence-electron chi connectivity index (χ2n) is 9.62. The Morgan fingerprint density at radius 2 is 1.41 bits per heavy atom. The Bertz CT molecular complexity index is 1500. The highest BCUT2D eigenvalue weighted by Gasteiger charge is 2.35. The third-order valence-electron chi connectivity index (χ3n) is 7.46. The zero-order valence-corrected chi connectivity index (χ0v) is 21.4. The van der Waals surface area contributed by atoms with E-state index in [1.165, 1.54) is 40.5 Å². The summed E-state index contributed by atoms with van der Waals surface area (Å²) >= 11 is 0. The molecule has 1 aliphatic carbocycles. The molecule has 0 spiro atoms. The van der Waals surface area contributed by atoms with Gasteiger partial charge in [-0.15, -0.1) is 0 Å². The number of non-ortho nitro benzene ring substituents is 1. The first kappa shape index (κ1) is 24.6. The van der Waals surface area contributed by atoms with Crippen LogP contribution in [-0.2, 0) is 0 Å². The van der Waals surface area contributed by atoms with Crippen LogP contribution in [0.5, 0.6) is 17.2 Å². The second kappa shape index (κ2) is 10.2. The van der Waals surface area contributed by atoms with Crippen molar-refractivity contribution in [2.24, 2.45) is 0 Å². The van der Waals surface area contributed by atoms with E-state index in [4.69, 9.17) is 9.47 Å². The van der Waals surface area contributed by atoms with Gasteiger partial charge >= 0.3 is 0 Å². The van der Waals surface area contributed by atoms with Crippen LogP contribution in [0.4, 0.5) is 5.69 Å². The summed E-state index contributed by atoms with van der Waals surface area (Å²) in [6, 6.07) is 28.2. The first-order valence-electron chi connectivity index (χ1n) is 12.9. The summed E-state index contributed by atoms with van der Waals surface area (Å²) in [6.07, 6.45) is 0. The van der Waals surface area contributed by atoms with Crippen LogP contribution in [0, 0.1) is 10.1 Å².